The van der Waals surface area contributed by atoms with Crippen LogP contribution in [-0.4, -0.2) is 23.9 Å². The van der Waals surface area contributed by atoms with E-state index in [0.29, 0.717) is 5.91 Å². The lowest BCUT2D eigenvalue weighted by Crippen LogP contribution is -2.50. The molecule has 0 radical (unpaired) electrons. The number of fused-ring (bicyclic) bond motifs is 1. The smallest absolute Gasteiger partial charge is 0.230 e. The van der Waals surface area contributed by atoms with Gasteiger partial charge in [-0.1, -0.05) is 37.6 Å². The van der Waals surface area contributed by atoms with Gasteiger partial charge in [0.2, 0.25) is 5.91 Å². The largest absolute Gasteiger partial charge is 0.333 e. The van der Waals surface area contributed by atoms with Crippen molar-refractivity contribution in [2.45, 2.75) is 45.7 Å². The van der Waals surface area contributed by atoms with Gasteiger partial charge in [-0.05, 0) is 36.9 Å². The number of piperidine rings is 1. The Kier molecular flexibility index (Phi) is 3.79. The van der Waals surface area contributed by atoms with Gasteiger partial charge >= 0.3 is 0 Å². The molecular formula is C17H24N2O. The third-order valence-corrected chi connectivity index (χ3v) is 4.78. The lowest BCUT2D eigenvalue weighted by atomic mass is 9.75. The zero-order valence-corrected chi connectivity index (χ0v) is 12.3. The molecule has 1 N–H and O–H groups in total. The summed E-state index contributed by atoms with van der Waals surface area (Å²) in [5.74, 6) is 0.364. The fourth-order valence-corrected chi connectivity index (χ4v) is 3.76. The van der Waals surface area contributed by atoms with Crippen LogP contribution in [0.1, 0.15) is 43.7 Å². The predicted molar refractivity (Wildman–Crippen MR) is 80.1 cm³/mol. The Morgan fingerprint density at radius 1 is 1.30 bits per heavy atom. The Balaban J connectivity index is 1.78. The first-order valence-electron chi connectivity index (χ1n) is 7.82. The first-order valence-corrected chi connectivity index (χ1v) is 7.82. The summed E-state index contributed by atoms with van der Waals surface area (Å²) in [4.78, 5) is 15.1. The summed E-state index contributed by atoms with van der Waals surface area (Å²) in [6.07, 6.45) is 4.24. The maximum absolute atomic E-state index is 13.1. The van der Waals surface area contributed by atoms with Crippen molar-refractivity contribution >= 4 is 5.91 Å². The van der Waals surface area contributed by atoms with Gasteiger partial charge in [0.15, 0.2) is 0 Å². The van der Waals surface area contributed by atoms with E-state index in [1.165, 1.54) is 11.1 Å². The van der Waals surface area contributed by atoms with Crippen LogP contribution in [0.5, 0.6) is 0 Å². The molecule has 1 fully saturated rings. The molecule has 0 aromatic heterocycles. The average Bonchev–Trinajstić information content (AvgIpc) is 2.91. The maximum Gasteiger partial charge on any atom is 0.230 e. The van der Waals surface area contributed by atoms with Crippen LogP contribution in [0, 0.1) is 5.41 Å². The molecule has 1 atom stereocenters. The highest BCUT2D eigenvalue weighted by molar-refractivity contribution is 5.83. The predicted octanol–water partition coefficient (Wildman–Crippen LogP) is 2.70. The van der Waals surface area contributed by atoms with Gasteiger partial charge in [-0.15, -0.1) is 0 Å². The molecule has 20 heavy (non-hydrogen) atoms. The van der Waals surface area contributed by atoms with Crippen molar-refractivity contribution in [3.05, 3.63) is 35.4 Å². The number of hydrogen-bond donors (Lipinski definition) is 1. The van der Waals surface area contributed by atoms with Gasteiger partial charge < -0.3 is 10.2 Å². The molecule has 0 aliphatic carbocycles. The van der Waals surface area contributed by atoms with Crippen molar-refractivity contribution in [1.29, 1.82) is 0 Å². The molecule has 2 aliphatic heterocycles. The van der Waals surface area contributed by atoms with E-state index in [9.17, 15) is 4.79 Å². The van der Waals surface area contributed by atoms with Gasteiger partial charge in [0.1, 0.15) is 0 Å². The van der Waals surface area contributed by atoms with Crippen LogP contribution in [0.2, 0.25) is 0 Å². The van der Waals surface area contributed by atoms with Crippen molar-refractivity contribution in [3.8, 4) is 0 Å². The van der Waals surface area contributed by atoms with E-state index < -0.39 is 0 Å². The van der Waals surface area contributed by atoms with E-state index in [1.54, 1.807) is 0 Å². The van der Waals surface area contributed by atoms with Crippen molar-refractivity contribution in [2.75, 3.05) is 13.1 Å². The van der Waals surface area contributed by atoms with E-state index in [0.717, 1.165) is 51.9 Å². The minimum absolute atomic E-state index is 0.158. The quantitative estimate of drug-likeness (QED) is 0.917. The average molecular weight is 272 g/mol. The maximum atomic E-state index is 13.1. The lowest BCUT2D eigenvalue weighted by molar-refractivity contribution is -0.144. The van der Waals surface area contributed by atoms with Gasteiger partial charge in [-0.2, -0.15) is 0 Å². The molecule has 3 rings (SSSR count). The Morgan fingerprint density at radius 2 is 2.00 bits per heavy atom. The van der Waals surface area contributed by atoms with Crippen LogP contribution in [0.15, 0.2) is 24.3 Å². The molecule has 3 nitrogen and oxygen atoms in total. The molecule has 108 valence electrons. The highest BCUT2D eigenvalue weighted by atomic mass is 16.2. The molecule has 3 heteroatoms. The summed E-state index contributed by atoms with van der Waals surface area (Å²) in [7, 11) is 0. The zero-order chi connectivity index (χ0) is 14.0. The van der Waals surface area contributed by atoms with Crippen LogP contribution in [0.4, 0.5) is 0 Å². The summed E-state index contributed by atoms with van der Waals surface area (Å²) in [5, 5.41) is 3.44. The van der Waals surface area contributed by atoms with E-state index in [4.69, 9.17) is 0 Å². The van der Waals surface area contributed by atoms with Crippen molar-refractivity contribution in [2.24, 2.45) is 5.41 Å². The molecular weight excluding hydrogens is 248 g/mol. The first-order chi connectivity index (χ1) is 9.75. The highest BCUT2D eigenvalue weighted by Crippen LogP contribution is 2.36. The highest BCUT2D eigenvalue weighted by Gasteiger charge is 2.42. The van der Waals surface area contributed by atoms with Crippen LogP contribution < -0.4 is 5.32 Å². The van der Waals surface area contributed by atoms with Crippen LogP contribution >= 0.6 is 0 Å². The van der Waals surface area contributed by atoms with Gasteiger partial charge in [-0.25, -0.2) is 0 Å². The number of carbonyl (C=O) groups excluding carboxylic acids is 1. The fraction of sp³-hybridized carbons (Fsp3) is 0.588. The minimum atomic E-state index is -0.158. The van der Waals surface area contributed by atoms with Crippen molar-refractivity contribution < 1.29 is 4.79 Å². The van der Waals surface area contributed by atoms with E-state index >= 15 is 0 Å². The normalized spacial score (nSPS) is 25.6. The molecule has 0 saturated carbocycles. The summed E-state index contributed by atoms with van der Waals surface area (Å²) >= 11 is 0. The molecule has 1 unspecified atom stereocenters. The Morgan fingerprint density at radius 3 is 2.55 bits per heavy atom. The summed E-state index contributed by atoms with van der Waals surface area (Å²) in [6, 6.07) is 8.43. The second-order valence-electron chi connectivity index (χ2n) is 6.24. The van der Waals surface area contributed by atoms with Crippen LogP contribution in [0.25, 0.3) is 0 Å². The molecule has 2 heterocycles. The third kappa shape index (κ3) is 2.35. The minimum Gasteiger partial charge on any atom is -0.333 e. The Hall–Kier alpha value is -1.35. The van der Waals surface area contributed by atoms with Gasteiger partial charge in [0.25, 0.3) is 0 Å². The number of amides is 1. The third-order valence-electron chi connectivity index (χ3n) is 4.78. The van der Waals surface area contributed by atoms with Crippen LogP contribution in [0.3, 0.4) is 0 Å². The number of nitrogens with zero attached hydrogens (tertiary/aromatic N) is 1. The summed E-state index contributed by atoms with van der Waals surface area (Å²) in [5.41, 5.74) is 2.47. The Labute approximate surface area is 121 Å². The summed E-state index contributed by atoms with van der Waals surface area (Å²) < 4.78 is 0. The number of hydrogen-bond acceptors (Lipinski definition) is 2. The van der Waals surface area contributed by atoms with E-state index in [1.807, 2.05) is 0 Å². The SMILES string of the molecule is CCCC1(C(=O)N2Cc3ccccc3C2)CCCNC1. The topological polar surface area (TPSA) is 32.3 Å². The molecule has 1 aromatic rings. The molecule has 1 aromatic carbocycles. The molecule has 0 spiro atoms. The number of rotatable bonds is 3. The first kappa shape index (κ1) is 13.6. The van der Waals surface area contributed by atoms with Gasteiger partial charge in [0.05, 0.1) is 5.41 Å². The number of carbonyl (C=O) groups is 1. The Bertz CT molecular complexity index is 461. The fourth-order valence-electron chi connectivity index (χ4n) is 3.76. The standard InChI is InChI=1S/C17H24N2O/c1-2-8-17(9-5-10-18-13-17)16(20)19-11-14-6-3-4-7-15(14)12-19/h3-4,6-7,18H,2,5,8-13H2,1H3. The summed E-state index contributed by atoms with van der Waals surface area (Å²) in [6.45, 7) is 5.68. The van der Waals surface area contributed by atoms with Gasteiger partial charge in [0, 0.05) is 19.6 Å². The molecule has 1 saturated heterocycles. The molecule has 0 bridgehead atoms. The second-order valence-corrected chi connectivity index (χ2v) is 6.24. The van der Waals surface area contributed by atoms with Crippen molar-refractivity contribution in [3.63, 3.8) is 0 Å². The second kappa shape index (κ2) is 5.57. The number of benzene rings is 1. The van der Waals surface area contributed by atoms with E-state index in [2.05, 4.69) is 41.4 Å². The monoisotopic (exact) mass is 272 g/mol. The molecule has 1 amide bonds. The van der Waals surface area contributed by atoms with Crippen LogP contribution in [-0.2, 0) is 17.9 Å². The van der Waals surface area contributed by atoms with Gasteiger partial charge in [-0.3, -0.25) is 4.79 Å². The van der Waals surface area contributed by atoms with E-state index in [-0.39, 0.29) is 5.41 Å². The van der Waals surface area contributed by atoms with Crippen molar-refractivity contribution in [1.82, 2.24) is 10.2 Å². The zero-order valence-electron chi connectivity index (χ0n) is 12.3. The lowest BCUT2D eigenvalue weighted by Gasteiger charge is -2.39. The molecule has 2 aliphatic rings. The number of nitrogens with one attached hydrogen (secondary N) is 1.